The van der Waals surface area contributed by atoms with Crippen molar-refractivity contribution in [3.8, 4) is 11.5 Å². The van der Waals surface area contributed by atoms with Gasteiger partial charge in [-0.2, -0.15) is 0 Å². The second-order valence-electron chi connectivity index (χ2n) is 3.61. The number of hydrogen-bond donors (Lipinski definition) is 1. The average Bonchev–Trinajstić information content (AvgIpc) is 2.39. The zero-order valence-electron chi connectivity index (χ0n) is 9.80. The first-order valence-corrected chi connectivity index (χ1v) is 6.16. The maximum absolute atomic E-state index is 9.91. The van der Waals surface area contributed by atoms with Gasteiger partial charge in [0, 0.05) is 16.3 Å². The number of hydrogen-bond acceptors (Lipinski definition) is 3. The molecule has 0 unspecified atom stereocenters. The Kier molecular flexibility index (Phi) is 3.99. The molecule has 0 amide bonds. The van der Waals surface area contributed by atoms with Crippen LogP contribution >= 0.6 is 15.9 Å². The summed E-state index contributed by atoms with van der Waals surface area (Å²) in [6.45, 7) is 0. The molecule has 4 heteroatoms. The second-order valence-corrected chi connectivity index (χ2v) is 4.46. The Balaban J connectivity index is 2.32. The maximum atomic E-state index is 9.91. The van der Waals surface area contributed by atoms with Crippen LogP contribution in [0.4, 0.5) is 5.69 Å². The molecule has 0 spiro atoms. The molecule has 0 aliphatic rings. The normalized spacial score (nSPS) is 10.8. The van der Waals surface area contributed by atoms with E-state index >= 15 is 0 Å². The highest BCUT2D eigenvalue weighted by Crippen LogP contribution is 2.29. The molecule has 0 saturated carbocycles. The summed E-state index contributed by atoms with van der Waals surface area (Å²) in [6.07, 6.45) is 1.61. The number of aromatic hydroxyl groups is 1. The van der Waals surface area contributed by atoms with Crippen LogP contribution in [0.3, 0.4) is 0 Å². The fourth-order valence-corrected chi connectivity index (χ4v) is 1.89. The summed E-state index contributed by atoms with van der Waals surface area (Å²) in [5.41, 5.74) is 1.42. The molecule has 18 heavy (non-hydrogen) atoms. The molecule has 0 fully saturated rings. The lowest BCUT2D eigenvalue weighted by atomic mass is 10.2. The summed E-state index contributed by atoms with van der Waals surface area (Å²) in [4.78, 5) is 4.32. The van der Waals surface area contributed by atoms with Gasteiger partial charge in [-0.25, -0.2) is 0 Å². The third kappa shape index (κ3) is 2.71. The summed E-state index contributed by atoms with van der Waals surface area (Å²) >= 11 is 3.42. The van der Waals surface area contributed by atoms with Crippen LogP contribution in [0.15, 0.2) is 51.9 Å². The first-order chi connectivity index (χ1) is 8.72. The van der Waals surface area contributed by atoms with Gasteiger partial charge in [-0.05, 0) is 40.2 Å². The number of rotatable bonds is 3. The largest absolute Gasteiger partial charge is 0.504 e. The van der Waals surface area contributed by atoms with E-state index in [1.54, 1.807) is 24.4 Å². The average molecular weight is 306 g/mol. The van der Waals surface area contributed by atoms with Gasteiger partial charge < -0.3 is 9.84 Å². The third-order valence-corrected chi connectivity index (χ3v) is 3.12. The summed E-state index contributed by atoms with van der Waals surface area (Å²) in [5, 5.41) is 9.91. The van der Waals surface area contributed by atoms with E-state index in [0.29, 0.717) is 11.3 Å². The quantitative estimate of drug-likeness (QED) is 0.873. The van der Waals surface area contributed by atoms with Crippen LogP contribution in [0, 0.1) is 0 Å². The summed E-state index contributed by atoms with van der Waals surface area (Å²) in [6, 6.07) is 12.9. The third-order valence-electron chi connectivity index (χ3n) is 2.45. The first-order valence-electron chi connectivity index (χ1n) is 5.37. The van der Waals surface area contributed by atoms with Crippen molar-refractivity contribution in [2.45, 2.75) is 0 Å². The van der Waals surface area contributed by atoms with Crippen molar-refractivity contribution in [1.82, 2.24) is 0 Å². The van der Waals surface area contributed by atoms with Gasteiger partial charge in [-0.15, -0.1) is 0 Å². The van der Waals surface area contributed by atoms with Crippen molar-refractivity contribution in [3.05, 3.63) is 52.5 Å². The van der Waals surface area contributed by atoms with E-state index in [9.17, 15) is 5.11 Å². The van der Waals surface area contributed by atoms with E-state index in [2.05, 4.69) is 20.9 Å². The van der Waals surface area contributed by atoms with Gasteiger partial charge in [0.05, 0.1) is 12.8 Å². The van der Waals surface area contributed by atoms with Gasteiger partial charge in [0.25, 0.3) is 0 Å². The van der Waals surface area contributed by atoms with Crippen LogP contribution in [0.1, 0.15) is 5.56 Å². The first kappa shape index (κ1) is 12.6. The van der Waals surface area contributed by atoms with Gasteiger partial charge in [0.15, 0.2) is 11.5 Å². The van der Waals surface area contributed by atoms with Crippen LogP contribution in [0.5, 0.6) is 11.5 Å². The number of aliphatic imine (C=N–C) groups is 1. The fourth-order valence-electron chi connectivity index (χ4n) is 1.50. The molecular weight excluding hydrogens is 294 g/mol. The molecule has 3 nitrogen and oxygen atoms in total. The van der Waals surface area contributed by atoms with Crippen LogP contribution in [-0.4, -0.2) is 18.4 Å². The van der Waals surface area contributed by atoms with Crippen LogP contribution in [-0.2, 0) is 0 Å². The molecule has 0 heterocycles. The standard InChI is InChI=1S/C14H12BrNO2/c1-18-13-8-4-5-10(14(13)17)9-16-12-7-3-2-6-11(12)15/h2-9,17H,1H3. The molecular formula is C14H12BrNO2. The number of halogens is 1. The van der Waals surface area contributed by atoms with Gasteiger partial charge in [-0.3, -0.25) is 4.99 Å². The minimum absolute atomic E-state index is 0.0933. The minimum atomic E-state index is 0.0933. The van der Waals surface area contributed by atoms with Gasteiger partial charge >= 0.3 is 0 Å². The lowest BCUT2D eigenvalue weighted by molar-refractivity contribution is 0.373. The molecule has 92 valence electrons. The SMILES string of the molecule is COc1cccc(C=Nc2ccccc2Br)c1O. The Morgan fingerprint density at radius 1 is 1.17 bits per heavy atom. The molecule has 0 aliphatic carbocycles. The zero-order chi connectivity index (χ0) is 13.0. The molecule has 1 N–H and O–H groups in total. The highest BCUT2D eigenvalue weighted by molar-refractivity contribution is 9.10. The molecule has 0 atom stereocenters. The van der Waals surface area contributed by atoms with Crippen molar-refractivity contribution in [1.29, 1.82) is 0 Å². The summed E-state index contributed by atoms with van der Waals surface area (Å²) in [7, 11) is 1.52. The molecule has 0 aliphatic heterocycles. The number of nitrogens with zero attached hydrogens (tertiary/aromatic N) is 1. The molecule has 0 radical (unpaired) electrons. The van der Waals surface area contributed by atoms with Crippen LogP contribution in [0.2, 0.25) is 0 Å². The number of para-hydroxylation sites is 2. The van der Waals surface area contributed by atoms with E-state index in [1.165, 1.54) is 7.11 Å². The van der Waals surface area contributed by atoms with E-state index in [-0.39, 0.29) is 5.75 Å². The molecule has 0 saturated heterocycles. The number of ether oxygens (including phenoxy) is 1. The zero-order valence-corrected chi connectivity index (χ0v) is 11.4. The Bertz CT molecular complexity index is 582. The summed E-state index contributed by atoms with van der Waals surface area (Å²) < 4.78 is 5.95. The van der Waals surface area contributed by atoms with Crippen molar-refractivity contribution in [2.75, 3.05) is 7.11 Å². The predicted molar refractivity (Wildman–Crippen MR) is 76.1 cm³/mol. The van der Waals surface area contributed by atoms with Crippen molar-refractivity contribution in [3.63, 3.8) is 0 Å². The lowest BCUT2D eigenvalue weighted by Gasteiger charge is -2.05. The van der Waals surface area contributed by atoms with E-state index in [0.717, 1.165) is 10.2 Å². The van der Waals surface area contributed by atoms with Crippen molar-refractivity contribution < 1.29 is 9.84 Å². The molecule has 0 aromatic heterocycles. The van der Waals surface area contributed by atoms with Gasteiger partial charge in [-0.1, -0.05) is 18.2 Å². The van der Waals surface area contributed by atoms with Gasteiger partial charge in [0.2, 0.25) is 0 Å². The predicted octanol–water partition coefficient (Wildman–Crippen LogP) is 3.91. The molecule has 0 bridgehead atoms. The number of methoxy groups -OCH3 is 1. The van der Waals surface area contributed by atoms with E-state index < -0.39 is 0 Å². The Labute approximate surface area is 114 Å². The lowest BCUT2D eigenvalue weighted by Crippen LogP contribution is -1.88. The Morgan fingerprint density at radius 2 is 1.94 bits per heavy atom. The maximum Gasteiger partial charge on any atom is 0.166 e. The highest BCUT2D eigenvalue weighted by atomic mass is 79.9. The number of benzene rings is 2. The van der Waals surface area contributed by atoms with Crippen LogP contribution < -0.4 is 4.74 Å². The number of phenolic OH excluding ortho intramolecular Hbond substituents is 1. The van der Waals surface area contributed by atoms with Gasteiger partial charge in [0.1, 0.15) is 0 Å². The highest BCUT2D eigenvalue weighted by Gasteiger charge is 2.04. The van der Waals surface area contributed by atoms with E-state index in [1.807, 2.05) is 24.3 Å². The smallest absolute Gasteiger partial charge is 0.166 e. The van der Waals surface area contributed by atoms with Crippen molar-refractivity contribution >= 4 is 27.8 Å². The molecule has 2 rings (SSSR count). The molecule has 2 aromatic rings. The Morgan fingerprint density at radius 3 is 2.67 bits per heavy atom. The number of phenols is 1. The van der Waals surface area contributed by atoms with E-state index in [4.69, 9.17) is 4.74 Å². The second kappa shape index (κ2) is 5.69. The van der Waals surface area contributed by atoms with Crippen LogP contribution in [0.25, 0.3) is 0 Å². The summed E-state index contributed by atoms with van der Waals surface area (Å²) in [5.74, 6) is 0.530. The van der Waals surface area contributed by atoms with Crippen molar-refractivity contribution in [2.24, 2.45) is 4.99 Å². The monoisotopic (exact) mass is 305 g/mol. The Hall–Kier alpha value is -1.81. The molecule has 2 aromatic carbocycles. The minimum Gasteiger partial charge on any atom is -0.504 e. The fraction of sp³-hybridized carbons (Fsp3) is 0.0714. The topological polar surface area (TPSA) is 41.8 Å².